The van der Waals surface area contributed by atoms with Gasteiger partial charge in [0.2, 0.25) is 5.91 Å². The number of fused-ring (bicyclic) bond motifs is 1. The van der Waals surface area contributed by atoms with E-state index in [-0.39, 0.29) is 11.9 Å². The van der Waals surface area contributed by atoms with Gasteiger partial charge in [0.05, 0.1) is 18.3 Å². The van der Waals surface area contributed by atoms with Crippen molar-refractivity contribution in [1.82, 2.24) is 20.0 Å². The number of carbonyl (C=O) groups excluding carboxylic acids is 1. The van der Waals surface area contributed by atoms with Gasteiger partial charge in [0, 0.05) is 46.4 Å². The standard InChI is InChI=1S/C18H24N4O2/c1-21-17(7-9-19-21)16(13-24-2)20-18(23)8-10-22-11-14-5-3-4-6-15(14)12-22/h3-7,9,16H,8,10-13H2,1-2H3,(H,20,23). The normalized spacial score (nSPS) is 15.2. The minimum absolute atomic E-state index is 0.0363. The van der Waals surface area contributed by atoms with Crippen LogP contribution in [0.25, 0.3) is 0 Å². The molecule has 1 aliphatic heterocycles. The number of rotatable bonds is 7. The molecule has 0 radical (unpaired) electrons. The van der Waals surface area contributed by atoms with Gasteiger partial charge in [-0.2, -0.15) is 5.10 Å². The Hall–Kier alpha value is -2.18. The predicted molar refractivity (Wildman–Crippen MR) is 91.1 cm³/mol. The van der Waals surface area contributed by atoms with Crippen LogP contribution in [0, 0.1) is 0 Å². The quantitative estimate of drug-likeness (QED) is 0.839. The zero-order valence-electron chi connectivity index (χ0n) is 14.2. The highest BCUT2D eigenvalue weighted by Gasteiger charge is 2.21. The minimum Gasteiger partial charge on any atom is -0.382 e. The molecule has 1 unspecified atom stereocenters. The van der Waals surface area contributed by atoms with Gasteiger partial charge in [-0.05, 0) is 17.2 Å². The van der Waals surface area contributed by atoms with E-state index in [0.29, 0.717) is 13.0 Å². The summed E-state index contributed by atoms with van der Waals surface area (Å²) >= 11 is 0. The van der Waals surface area contributed by atoms with Crippen LogP contribution in [0.2, 0.25) is 0 Å². The van der Waals surface area contributed by atoms with Crippen molar-refractivity contribution in [3.63, 3.8) is 0 Å². The molecule has 2 aromatic rings. The summed E-state index contributed by atoms with van der Waals surface area (Å²) in [6.45, 7) is 3.03. The number of aryl methyl sites for hydroxylation is 1. The van der Waals surface area contributed by atoms with Crippen molar-refractivity contribution in [2.24, 2.45) is 7.05 Å². The molecule has 1 aromatic heterocycles. The van der Waals surface area contributed by atoms with Crippen LogP contribution in [0.15, 0.2) is 36.5 Å². The van der Waals surface area contributed by atoms with Crippen LogP contribution in [-0.4, -0.2) is 40.8 Å². The molecule has 0 fully saturated rings. The fraction of sp³-hybridized carbons (Fsp3) is 0.444. The average Bonchev–Trinajstić information content (AvgIpc) is 3.18. The minimum atomic E-state index is -0.175. The molecule has 1 N–H and O–H groups in total. The second-order valence-corrected chi connectivity index (χ2v) is 6.18. The number of nitrogens with one attached hydrogen (secondary N) is 1. The number of amides is 1. The van der Waals surface area contributed by atoms with Gasteiger partial charge in [-0.15, -0.1) is 0 Å². The summed E-state index contributed by atoms with van der Waals surface area (Å²) in [4.78, 5) is 14.6. The van der Waals surface area contributed by atoms with E-state index in [4.69, 9.17) is 4.74 Å². The van der Waals surface area contributed by atoms with E-state index in [2.05, 4.69) is 39.6 Å². The lowest BCUT2D eigenvalue weighted by Crippen LogP contribution is -2.34. The number of ether oxygens (including phenoxy) is 1. The van der Waals surface area contributed by atoms with Crippen LogP contribution >= 0.6 is 0 Å². The Labute approximate surface area is 142 Å². The Balaban J connectivity index is 1.51. The third kappa shape index (κ3) is 3.83. The largest absolute Gasteiger partial charge is 0.382 e. The third-order valence-electron chi connectivity index (χ3n) is 4.45. The molecule has 0 aliphatic carbocycles. The number of hydrogen-bond donors (Lipinski definition) is 1. The molecule has 128 valence electrons. The number of benzene rings is 1. The summed E-state index contributed by atoms with van der Waals surface area (Å²) in [5, 5.41) is 7.22. The SMILES string of the molecule is COCC(NC(=O)CCN1Cc2ccccc2C1)c1ccnn1C. The number of aromatic nitrogens is 2. The van der Waals surface area contributed by atoms with Crippen LogP contribution in [0.5, 0.6) is 0 Å². The molecule has 1 amide bonds. The Morgan fingerprint density at radius 2 is 2.00 bits per heavy atom. The molecule has 1 aromatic carbocycles. The molecule has 3 rings (SSSR count). The number of methoxy groups -OCH3 is 1. The maximum absolute atomic E-state index is 12.3. The molecular weight excluding hydrogens is 304 g/mol. The van der Waals surface area contributed by atoms with Gasteiger partial charge in [0.15, 0.2) is 0 Å². The fourth-order valence-corrected chi connectivity index (χ4v) is 3.18. The Kier molecular flexibility index (Phi) is 5.27. The van der Waals surface area contributed by atoms with E-state index in [1.807, 2.05) is 13.1 Å². The fourth-order valence-electron chi connectivity index (χ4n) is 3.18. The van der Waals surface area contributed by atoms with Crippen molar-refractivity contribution < 1.29 is 9.53 Å². The van der Waals surface area contributed by atoms with Crippen molar-refractivity contribution in [1.29, 1.82) is 0 Å². The molecule has 0 saturated heterocycles. The summed E-state index contributed by atoms with van der Waals surface area (Å²) in [5.74, 6) is 0.0363. The highest BCUT2D eigenvalue weighted by atomic mass is 16.5. The Morgan fingerprint density at radius 1 is 1.29 bits per heavy atom. The van der Waals surface area contributed by atoms with Gasteiger partial charge >= 0.3 is 0 Å². The molecule has 6 nitrogen and oxygen atoms in total. The van der Waals surface area contributed by atoms with E-state index in [0.717, 1.165) is 25.3 Å². The van der Waals surface area contributed by atoms with E-state index in [1.165, 1.54) is 11.1 Å². The molecule has 2 heterocycles. The second-order valence-electron chi connectivity index (χ2n) is 6.18. The van der Waals surface area contributed by atoms with Crippen molar-refractivity contribution in [2.45, 2.75) is 25.6 Å². The monoisotopic (exact) mass is 328 g/mol. The topological polar surface area (TPSA) is 59.4 Å². The highest BCUT2D eigenvalue weighted by molar-refractivity contribution is 5.76. The van der Waals surface area contributed by atoms with Crippen LogP contribution in [-0.2, 0) is 29.7 Å². The highest BCUT2D eigenvalue weighted by Crippen LogP contribution is 2.22. The van der Waals surface area contributed by atoms with E-state index < -0.39 is 0 Å². The first-order valence-electron chi connectivity index (χ1n) is 8.22. The van der Waals surface area contributed by atoms with E-state index in [1.54, 1.807) is 18.0 Å². The zero-order valence-corrected chi connectivity index (χ0v) is 14.2. The molecular formula is C18H24N4O2. The van der Waals surface area contributed by atoms with E-state index in [9.17, 15) is 4.79 Å². The van der Waals surface area contributed by atoms with Gasteiger partial charge in [-0.1, -0.05) is 24.3 Å². The summed E-state index contributed by atoms with van der Waals surface area (Å²) < 4.78 is 7.00. The summed E-state index contributed by atoms with van der Waals surface area (Å²) in [7, 11) is 3.50. The maximum atomic E-state index is 12.3. The molecule has 0 bridgehead atoms. The van der Waals surface area contributed by atoms with Gasteiger partial charge < -0.3 is 10.1 Å². The summed E-state index contributed by atoms with van der Waals surface area (Å²) in [5.41, 5.74) is 3.67. The van der Waals surface area contributed by atoms with Crippen LogP contribution < -0.4 is 5.32 Å². The lowest BCUT2D eigenvalue weighted by molar-refractivity contribution is -0.122. The van der Waals surface area contributed by atoms with Gasteiger partial charge in [-0.3, -0.25) is 14.4 Å². The predicted octanol–water partition coefficient (Wildman–Crippen LogP) is 1.63. The average molecular weight is 328 g/mol. The number of nitrogens with zero attached hydrogens (tertiary/aromatic N) is 3. The molecule has 0 saturated carbocycles. The molecule has 1 atom stereocenters. The maximum Gasteiger partial charge on any atom is 0.221 e. The Bertz CT molecular complexity index is 673. The third-order valence-corrected chi connectivity index (χ3v) is 4.45. The first-order chi connectivity index (χ1) is 11.7. The van der Waals surface area contributed by atoms with Gasteiger partial charge in [-0.25, -0.2) is 0 Å². The van der Waals surface area contributed by atoms with Gasteiger partial charge in [0.25, 0.3) is 0 Å². The van der Waals surface area contributed by atoms with Crippen molar-refractivity contribution in [2.75, 3.05) is 20.3 Å². The van der Waals surface area contributed by atoms with Crippen LogP contribution in [0.4, 0.5) is 0 Å². The first kappa shape index (κ1) is 16.7. The lowest BCUT2D eigenvalue weighted by atomic mass is 10.1. The molecule has 0 spiro atoms. The second kappa shape index (κ2) is 7.59. The zero-order chi connectivity index (χ0) is 16.9. The summed E-state index contributed by atoms with van der Waals surface area (Å²) in [6.07, 6.45) is 2.21. The first-order valence-corrected chi connectivity index (χ1v) is 8.22. The molecule has 1 aliphatic rings. The van der Waals surface area contributed by atoms with E-state index >= 15 is 0 Å². The smallest absolute Gasteiger partial charge is 0.221 e. The number of hydrogen-bond acceptors (Lipinski definition) is 4. The Morgan fingerprint density at radius 3 is 2.58 bits per heavy atom. The van der Waals surface area contributed by atoms with Crippen molar-refractivity contribution in [3.05, 3.63) is 53.3 Å². The summed E-state index contributed by atoms with van der Waals surface area (Å²) in [6, 6.07) is 10.2. The van der Waals surface area contributed by atoms with Crippen LogP contribution in [0.1, 0.15) is 29.3 Å². The van der Waals surface area contributed by atoms with Gasteiger partial charge in [0.1, 0.15) is 0 Å². The molecule has 6 heteroatoms. The van der Waals surface area contributed by atoms with Crippen molar-refractivity contribution in [3.8, 4) is 0 Å². The number of carbonyl (C=O) groups is 1. The molecule has 24 heavy (non-hydrogen) atoms. The lowest BCUT2D eigenvalue weighted by Gasteiger charge is -2.20. The van der Waals surface area contributed by atoms with Crippen LogP contribution in [0.3, 0.4) is 0 Å². The van der Waals surface area contributed by atoms with Crippen molar-refractivity contribution >= 4 is 5.91 Å².